The number of carbonyl (C=O) groups excluding carboxylic acids is 1. The molecule has 1 heterocycles. The van der Waals surface area contributed by atoms with Gasteiger partial charge in [-0.05, 0) is 74.1 Å². The number of aromatic nitrogens is 3. The summed E-state index contributed by atoms with van der Waals surface area (Å²) in [5.74, 6) is 0.912. The summed E-state index contributed by atoms with van der Waals surface area (Å²) in [5.41, 5.74) is 3.23. The van der Waals surface area contributed by atoms with Gasteiger partial charge in [0.25, 0.3) is 0 Å². The number of thioether (sulfide) groups is 1. The van der Waals surface area contributed by atoms with Crippen molar-refractivity contribution in [2.24, 2.45) is 0 Å². The number of anilines is 1. The van der Waals surface area contributed by atoms with Crippen molar-refractivity contribution in [1.29, 1.82) is 0 Å². The van der Waals surface area contributed by atoms with E-state index in [9.17, 15) is 9.18 Å². The summed E-state index contributed by atoms with van der Waals surface area (Å²) in [7, 11) is 0. The summed E-state index contributed by atoms with van der Waals surface area (Å²) >= 11 is 7.04. The van der Waals surface area contributed by atoms with Gasteiger partial charge in [-0.15, -0.1) is 10.2 Å². The third-order valence-corrected chi connectivity index (χ3v) is 6.59. The van der Waals surface area contributed by atoms with Crippen LogP contribution in [-0.2, 0) is 30.8 Å². The monoisotopic (exact) mass is 474 g/mol. The molecule has 1 amide bonds. The zero-order valence-corrected chi connectivity index (χ0v) is 19.3. The predicted octanol–water partition coefficient (Wildman–Crippen LogP) is 5.28. The normalized spacial score (nSPS) is 13.0. The second-order valence-corrected chi connectivity index (χ2v) is 8.88. The first-order valence-electron chi connectivity index (χ1n) is 10.6. The number of nitrogens with one attached hydrogen (secondary N) is 1. The molecule has 2 aromatic carbocycles. The van der Waals surface area contributed by atoms with Crippen LogP contribution in [0, 0.1) is 5.82 Å². The summed E-state index contributed by atoms with van der Waals surface area (Å²) in [6.45, 7) is 2.96. The molecule has 0 bridgehead atoms. The number of amides is 1. The van der Waals surface area contributed by atoms with E-state index in [1.165, 1.54) is 53.9 Å². The van der Waals surface area contributed by atoms with E-state index in [-0.39, 0.29) is 16.7 Å². The Morgan fingerprint density at radius 2 is 2.00 bits per heavy atom. The molecule has 0 fully saturated rings. The van der Waals surface area contributed by atoms with Crippen LogP contribution >= 0.6 is 23.4 Å². The number of benzene rings is 2. The van der Waals surface area contributed by atoms with Crippen molar-refractivity contribution in [2.45, 2.75) is 50.9 Å². The lowest BCUT2D eigenvalue weighted by Gasteiger charge is -2.16. The minimum atomic E-state index is -0.528. The molecule has 0 atom stereocenters. The third-order valence-electron chi connectivity index (χ3n) is 5.33. The Labute approximate surface area is 195 Å². The van der Waals surface area contributed by atoms with Crippen LogP contribution in [0.25, 0.3) is 0 Å². The van der Waals surface area contributed by atoms with Gasteiger partial charge in [0.05, 0.1) is 10.8 Å². The number of rotatable bonds is 8. The molecule has 9 heteroatoms. The van der Waals surface area contributed by atoms with E-state index in [0.29, 0.717) is 29.8 Å². The standard InChI is InChI=1S/C23H24ClFN4O2S/c1-2-29-21(13-31-18-9-7-15-5-3-4-6-16(15)11-18)27-28-23(29)32-14-22(30)26-17-8-10-20(25)19(24)12-17/h7-12H,2-6,13-14H2,1H3,(H,26,30). The van der Waals surface area contributed by atoms with Gasteiger partial charge in [-0.3, -0.25) is 4.79 Å². The lowest BCUT2D eigenvalue weighted by molar-refractivity contribution is -0.113. The van der Waals surface area contributed by atoms with Gasteiger partial charge in [0.1, 0.15) is 18.2 Å². The molecule has 0 aliphatic heterocycles. The number of hydrogen-bond donors (Lipinski definition) is 1. The molecule has 0 unspecified atom stereocenters. The average Bonchev–Trinajstić information content (AvgIpc) is 3.20. The SMILES string of the molecule is CCn1c(COc2ccc3c(c2)CCCC3)nnc1SCC(=O)Nc1ccc(F)c(Cl)c1. The van der Waals surface area contributed by atoms with Crippen LogP contribution in [-0.4, -0.2) is 26.4 Å². The van der Waals surface area contributed by atoms with Crippen LogP contribution in [0.1, 0.15) is 36.7 Å². The third kappa shape index (κ3) is 5.42. The molecule has 4 rings (SSSR count). The molecule has 0 spiro atoms. The molecule has 3 aromatic rings. The largest absolute Gasteiger partial charge is 0.486 e. The number of carbonyl (C=O) groups is 1. The Morgan fingerprint density at radius 1 is 1.19 bits per heavy atom. The first-order valence-corrected chi connectivity index (χ1v) is 11.9. The van der Waals surface area contributed by atoms with E-state index in [4.69, 9.17) is 16.3 Å². The minimum Gasteiger partial charge on any atom is -0.486 e. The van der Waals surface area contributed by atoms with Gasteiger partial charge >= 0.3 is 0 Å². The molecule has 1 N–H and O–H groups in total. The van der Waals surface area contributed by atoms with Gasteiger partial charge in [-0.1, -0.05) is 29.4 Å². The summed E-state index contributed by atoms with van der Waals surface area (Å²) in [5, 5.41) is 11.8. The predicted molar refractivity (Wildman–Crippen MR) is 124 cm³/mol. The van der Waals surface area contributed by atoms with Crippen LogP contribution < -0.4 is 10.1 Å². The van der Waals surface area contributed by atoms with Gasteiger partial charge in [0.2, 0.25) is 5.91 Å². The number of nitrogens with zero attached hydrogens (tertiary/aromatic N) is 3. The Balaban J connectivity index is 1.34. The molecule has 1 aliphatic carbocycles. The Hall–Kier alpha value is -2.58. The summed E-state index contributed by atoms with van der Waals surface area (Å²) in [6.07, 6.45) is 4.72. The van der Waals surface area contributed by atoms with Gasteiger partial charge in [-0.2, -0.15) is 0 Å². The van der Waals surface area contributed by atoms with Gasteiger partial charge in [0.15, 0.2) is 11.0 Å². The molecule has 32 heavy (non-hydrogen) atoms. The van der Waals surface area contributed by atoms with E-state index in [1.54, 1.807) is 0 Å². The summed E-state index contributed by atoms with van der Waals surface area (Å²) < 4.78 is 21.2. The van der Waals surface area contributed by atoms with Crippen molar-refractivity contribution in [3.05, 3.63) is 64.2 Å². The highest BCUT2D eigenvalue weighted by Crippen LogP contribution is 2.26. The molecule has 0 radical (unpaired) electrons. The number of fused-ring (bicyclic) bond motifs is 1. The van der Waals surface area contributed by atoms with Gasteiger partial charge in [-0.25, -0.2) is 4.39 Å². The number of halogens is 2. The van der Waals surface area contributed by atoms with Crippen LogP contribution in [0.15, 0.2) is 41.6 Å². The molecule has 0 saturated heterocycles. The van der Waals surface area contributed by atoms with E-state index in [1.807, 2.05) is 17.6 Å². The average molecular weight is 475 g/mol. The molecule has 1 aromatic heterocycles. The van der Waals surface area contributed by atoms with Crippen molar-refractivity contribution in [1.82, 2.24) is 14.8 Å². The topological polar surface area (TPSA) is 69.0 Å². The molecule has 168 valence electrons. The highest BCUT2D eigenvalue weighted by molar-refractivity contribution is 7.99. The fourth-order valence-corrected chi connectivity index (χ4v) is 4.70. The fourth-order valence-electron chi connectivity index (χ4n) is 3.70. The number of aryl methyl sites for hydroxylation is 2. The molecule has 6 nitrogen and oxygen atoms in total. The van der Waals surface area contributed by atoms with Crippen LogP contribution in [0.2, 0.25) is 5.02 Å². The smallest absolute Gasteiger partial charge is 0.234 e. The molecular weight excluding hydrogens is 451 g/mol. The summed E-state index contributed by atoms with van der Waals surface area (Å²) in [6, 6.07) is 10.4. The Morgan fingerprint density at radius 3 is 2.78 bits per heavy atom. The lowest BCUT2D eigenvalue weighted by atomic mass is 9.92. The van der Waals surface area contributed by atoms with E-state index in [0.717, 1.165) is 18.6 Å². The van der Waals surface area contributed by atoms with Gasteiger partial charge < -0.3 is 14.6 Å². The summed E-state index contributed by atoms with van der Waals surface area (Å²) in [4.78, 5) is 12.3. The Bertz CT molecular complexity index is 1120. The zero-order valence-electron chi connectivity index (χ0n) is 17.7. The van der Waals surface area contributed by atoms with E-state index >= 15 is 0 Å². The van der Waals surface area contributed by atoms with Crippen molar-refractivity contribution < 1.29 is 13.9 Å². The van der Waals surface area contributed by atoms with E-state index in [2.05, 4.69) is 27.6 Å². The molecule has 1 aliphatic rings. The maximum atomic E-state index is 13.3. The zero-order chi connectivity index (χ0) is 22.5. The maximum Gasteiger partial charge on any atom is 0.234 e. The Kier molecular flexibility index (Phi) is 7.32. The van der Waals surface area contributed by atoms with Crippen molar-refractivity contribution >= 4 is 35.0 Å². The number of ether oxygens (including phenoxy) is 1. The first-order chi connectivity index (χ1) is 15.5. The minimum absolute atomic E-state index is 0.0373. The van der Waals surface area contributed by atoms with Gasteiger partial charge in [0, 0.05) is 12.2 Å². The maximum absolute atomic E-state index is 13.3. The highest BCUT2D eigenvalue weighted by Gasteiger charge is 2.15. The fraction of sp³-hybridized carbons (Fsp3) is 0.348. The lowest BCUT2D eigenvalue weighted by Crippen LogP contribution is -2.15. The second kappa shape index (κ2) is 10.4. The van der Waals surface area contributed by atoms with Crippen molar-refractivity contribution in [3.8, 4) is 5.75 Å². The van der Waals surface area contributed by atoms with Crippen LogP contribution in [0.4, 0.5) is 10.1 Å². The van der Waals surface area contributed by atoms with Crippen molar-refractivity contribution in [3.63, 3.8) is 0 Å². The van der Waals surface area contributed by atoms with Crippen LogP contribution in [0.5, 0.6) is 5.75 Å². The highest BCUT2D eigenvalue weighted by atomic mass is 35.5. The van der Waals surface area contributed by atoms with E-state index < -0.39 is 5.82 Å². The first kappa shape index (κ1) is 22.6. The number of hydrogen-bond acceptors (Lipinski definition) is 5. The molecular formula is C23H24ClFN4O2S. The quantitative estimate of drug-likeness (QED) is 0.450. The molecule has 0 saturated carbocycles. The second-order valence-electron chi connectivity index (χ2n) is 7.54. The van der Waals surface area contributed by atoms with Crippen LogP contribution in [0.3, 0.4) is 0 Å². The van der Waals surface area contributed by atoms with Crippen molar-refractivity contribution in [2.75, 3.05) is 11.1 Å².